The van der Waals surface area contributed by atoms with Crippen molar-refractivity contribution in [2.24, 2.45) is 0 Å². The lowest BCUT2D eigenvalue weighted by molar-refractivity contribution is 0.0693. The minimum absolute atomic E-state index is 0.0926. The van der Waals surface area contributed by atoms with Crippen LogP contribution in [-0.2, 0) is 0 Å². The first-order valence-corrected chi connectivity index (χ1v) is 9.06. The van der Waals surface area contributed by atoms with Crippen molar-refractivity contribution in [2.75, 3.05) is 18.9 Å². The maximum Gasteiger partial charge on any atom is 0.322 e. The largest absolute Gasteiger partial charge is 0.322 e. The summed E-state index contributed by atoms with van der Waals surface area (Å²) in [5.41, 5.74) is 2.40. The number of hydrogen-bond acceptors (Lipinski definition) is 4. The molecule has 0 saturated carbocycles. The van der Waals surface area contributed by atoms with Crippen molar-refractivity contribution in [3.8, 4) is 0 Å². The first-order chi connectivity index (χ1) is 12.1. The van der Waals surface area contributed by atoms with Gasteiger partial charge in [-0.25, -0.2) is 4.79 Å². The Morgan fingerprint density at radius 2 is 2.00 bits per heavy atom. The normalized spacial score (nSPS) is 19.5. The monoisotopic (exact) mass is 355 g/mol. The number of likely N-dealkylation sites (tertiary alicyclic amines) is 1. The number of rotatable bonds is 2. The number of thiophene rings is 1. The molecule has 7 heteroatoms. The van der Waals surface area contributed by atoms with E-state index < -0.39 is 0 Å². The summed E-state index contributed by atoms with van der Waals surface area (Å²) in [5.74, 6) is -0.650. The van der Waals surface area contributed by atoms with Gasteiger partial charge in [-0.15, -0.1) is 0 Å². The van der Waals surface area contributed by atoms with E-state index in [2.05, 4.69) is 16.8 Å². The number of carbonyl (C=O) groups is 3. The van der Waals surface area contributed by atoms with Crippen LogP contribution >= 0.6 is 11.3 Å². The zero-order valence-corrected chi connectivity index (χ0v) is 14.5. The maximum absolute atomic E-state index is 12.7. The molecule has 1 atom stereocenters. The summed E-state index contributed by atoms with van der Waals surface area (Å²) >= 11 is 1.63. The van der Waals surface area contributed by atoms with Gasteiger partial charge in [0.2, 0.25) is 0 Å². The molecule has 1 N–H and O–H groups in total. The number of nitrogens with one attached hydrogen (secondary N) is 1. The van der Waals surface area contributed by atoms with Gasteiger partial charge in [-0.05, 0) is 53.4 Å². The lowest BCUT2D eigenvalue weighted by Crippen LogP contribution is -2.34. The van der Waals surface area contributed by atoms with Crippen LogP contribution < -0.4 is 5.32 Å². The van der Waals surface area contributed by atoms with E-state index in [9.17, 15) is 14.4 Å². The van der Waals surface area contributed by atoms with Gasteiger partial charge < -0.3 is 10.2 Å². The molecule has 25 heavy (non-hydrogen) atoms. The number of amides is 4. The Kier molecular flexibility index (Phi) is 3.80. The number of anilines is 1. The summed E-state index contributed by atoms with van der Waals surface area (Å²) in [5, 5.41) is 6.96. The minimum Gasteiger partial charge on any atom is -0.317 e. The summed E-state index contributed by atoms with van der Waals surface area (Å²) in [7, 11) is 1.46. The molecule has 1 aromatic heterocycles. The van der Waals surface area contributed by atoms with Crippen molar-refractivity contribution in [3.05, 3.63) is 51.7 Å². The quantitative estimate of drug-likeness (QED) is 0.840. The number of benzene rings is 1. The van der Waals surface area contributed by atoms with Crippen molar-refractivity contribution in [1.29, 1.82) is 0 Å². The van der Waals surface area contributed by atoms with Crippen molar-refractivity contribution >= 4 is 34.9 Å². The van der Waals surface area contributed by atoms with Crippen LogP contribution in [0.2, 0.25) is 0 Å². The molecule has 0 unspecified atom stereocenters. The fourth-order valence-electron chi connectivity index (χ4n) is 3.46. The highest BCUT2D eigenvalue weighted by molar-refractivity contribution is 7.08. The smallest absolute Gasteiger partial charge is 0.317 e. The number of fused-ring (bicyclic) bond motifs is 1. The molecule has 2 aliphatic heterocycles. The lowest BCUT2D eigenvalue weighted by atomic mass is 10.1. The van der Waals surface area contributed by atoms with E-state index in [1.807, 2.05) is 10.3 Å². The van der Waals surface area contributed by atoms with Crippen LogP contribution in [0.3, 0.4) is 0 Å². The molecule has 0 bridgehead atoms. The molecule has 0 aliphatic carbocycles. The molecule has 1 saturated heterocycles. The van der Waals surface area contributed by atoms with Crippen LogP contribution in [0.25, 0.3) is 0 Å². The summed E-state index contributed by atoms with van der Waals surface area (Å²) < 4.78 is 0. The zero-order chi connectivity index (χ0) is 17.6. The Balaban J connectivity index is 1.54. The van der Waals surface area contributed by atoms with Gasteiger partial charge in [0, 0.05) is 19.3 Å². The molecule has 0 radical (unpaired) electrons. The number of nitrogens with zero attached hydrogens (tertiary/aromatic N) is 2. The van der Waals surface area contributed by atoms with E-state index >= 15 is 0 Å². The SMILES string of the molecule is CN1C(=O)c2ccc(NC(=O)N3CCC[C@H]3c3ccsc3)cc2C1=O. The maximum atomic E-state index is 12.7. The van der Waals surface area contributed by atoms with Crippen LogP contribution in [0, 0.1) is 0 Å². The van der Waals surface area contributed by atoms with Crippen molar-refractivity contribution in [2.45, 2.75) is 18.9 Å². The highest BCUT2D eigenvalue weighted by atomic mass is 32.1. The third-order valence-corrected chi connectivity index (χ3v) is 5.48. The predicted octanol–water partition coefficient (Wildman–Crippen LogP) is 3.34. The molecule has 3 heterocycles. The zero-order valence-electron chi connectivity index (χ0n) is 13.7. The van der Waals surface area contributed by atoms with Gasteiger partial charge >= 0.3 is 6.03 Å². The minimum atomic E-state index is -0.339. The van der Waals surface area contributed by atoms with Gasteiger partial charge in [0.15, 0.2) is 0 Å². The molecule has 4 amide bonds. The molecule has 1 fully saturated rings. The van der Waals surface area contributed by atoms with Crippen LogP contribution in [0.5, 0.6) is 0 Å². The summed E-state index contributed by atoms with van der Waals surface area (Å²) in [6.07, 6.45) is 1.92. The third-order valence-electron chi connectivity index (χ3n) is 4.78. The van der Waals surface area contributed by atoms with E-state index in [0.29, 0.717) is 23.4 Å². The topological polar surface area (TPSA) is 69.7 Å². The van der Waals surface area contributed by atoms with Crippen LogP contribution in [0.4, 0.5) is 10.5 Å². The third kappa shape index (κ3) is 2.60. The number of urea groups is 1. The second-order valence-corrected chi connectivity index (χ2v) is 7.05. The Labute approximate surface area is 149 Å². The predicted molar refractivity (Wildman–Crippen MR) is 94.9 cm³/mol. The van der Waals surface area contributed by atoms with Crippen molar-refractivity contribution in [1.82, 2.24) is 9.80 Å². The molecule has 2 aliphatic rings. The number of hydrogen-bond donors (Lipinski definition) is 1. The molecule has 6 nitrogen and oxygen atoms in total. The molecular formula is C18H17N3O3S. The van der Waals surface area contributed by atoms with Gasteiger partial charge in [0.1, 0.15) is 0 Å². The van der Waals surface area contributed by atoms with Crippen LogP contribution in [0.1, 0.15) is 45.2 Å². The fourth-order valence-corrected chi connectivity index (χ4v) is 4.16. The standard InChI is InChI=1S/C18H17N3O3S/c1-20-16(22)13-5-4-12(9-14(13)17(20)23)19-18(24)21-7-2-3-15(21)11-6-8-25-10-11/h4-6,8-10,15H,2-3,7H2,1H3,(H,19,24)/t15-/m0/s1. The van der Waals surface area contributed by atoms with Gasteiger partial charge in [-0.3, -0.25) is 14.5 Å². The lowest BCUT2D eigenvalue weighted by Gasteiger charge is -2.24. The Bertz CT molecular complexity index is 862. The first kappa shape index (κ1) is 15.8. The van der Waals surface area contributed by atoms with E-state index in [-0.39, 0.29) is 23.9 Å². The van der Waals surface area contributed by atoms with Crippen molar-refractivity contribution < 1.29 is 14.4 Å². The number of carbonyl (C=O) groups excluding carboxylic acids is 3. The van der Waals surface area contributed by atoms with Crippen molar-refractivity contribution in [3.63, 3.8) is 0 Å². The molecule has 0 spiro atoms. The second-order valence-electron chi connectivity index (χ2n) is 6.27. The molecular weight excluding hydrogens is 338 g/mol. The Hall–Kier alpha value is -2.67. The molecule has 4 rings (SSSR count). The van der Waals surface area contributed by atoms with Gasteiger partial charge in [-0.2, -0.15) is 11.3 Å². The molecule has 1 aromatic carbocycles. The van der Waals surface area contributed by atoms with E-state index in [0.717, 1.165) is 23.3 Å². The highest BCUT2D eigenvalue weighted by Crippen LogP contribution is 2.33. The van der Waals surface area contributed by atoms with Gasteiger partial charge in [0.25, 0.3) is 11.8 Å². The highest BCUT2D eigenvalue weighted by Gasteiger charge is 2.34. The molecule has 128 valence electrons. The van der Waals surface area contributed by atoms with E-state index in [4.69, 9.17) is 0 Å². The Morgan fingerprint density at radius 3 is 2.76 bits per heavy atom. The summed E-state index contributed by atoms with van der Waals surface area (Å²) in [4.78, 5) is 39.6. The van der Waals surface area contributed by atoms with E-state index in [1.165, 1.54) is 7.05 Å². The van der Waals surface area contributed by atoms with Crippen LogP contribution in [0.15, 0.2) is 35.0 Å². The van der Waals surface area contributed by atoms with Crippen LogP contribution in [-0.4, -0.2) is 41.2 Å². The van der Waals surface area contributed by atoms with Gasteiger partial charge in [0.05, 0.1) is 17.2 Å². The second kappa shape index (κ2) is 6.00. The molecule has 2 aromatic rings. The average molecular weight is 355 g/mol. The van der Waals surface area contributed by atoms with E-state index in [1.54, 1.807) is 29.5 Å². The average Bonchev–Trinajstić information content (AvgIpc) is 3.33. The first-order valence-electron chi connectivity index (χ1n) is 8.12. The van der Waals surface area contributed by atoms with Gasteiger partial charge in [-0.1, -0.05) is 0 Å². The fraction of sp³-hybridized carbons (Fsp3) is 0.278. The summed E-state index contributed by atoms with van der Waals surface area (Å²) in [6.45, 7) is 0.706. The number of imide groups is 1. The Morgan fingerprint density at radius 1 is 1.20 bits per heavy atom. The summed E-state index contributed by atoms with van der Waals surface area (Å²) in [6, 6.07) is 6.79.